The van der Waals surface area contributed by atoms with Gasteiger partial charge in [-0.05, 0) is 97.5 Å². The van der Waals surface area contributed by atoms with E-state index in [4.69, 9.17) is 4.42 Å². The molecule has 1 aromatic heterocycles. The smallest absolute Gasteiger partial charge is 0.335 e. The van der Waals surface area contributed by atoms with E-state index >= 15 is 0 Å². The van der Waals surface area contributed by atoms with Gasteiger partial charge in [0.25, 0.3) is 0 Å². The molecule has 0 spiro atoms. The molecular weight excluding hydrogens is 336 g/mol. The summed E-state index contributed by atoms with van der Waals surface area (Å²) in [5, 5.41) is 10.2. The van der Waals surface area contributed by atoms with E-state index in [1.165, 1.54) is 37.7 Å². The van der Waals surface area contributed by atoms with E-state index in [-0.39, 0.29) is 17.1 Å². The van der Waals surface area contributed by atoms with Crippen molar-refractivity contribution in [2.24, 2.45) is 34.5 Å². The topological polar surface area (TPSA) is 50.4 Å². The van der Waals surface area contributed by atoms with Crippen LogP contribution in [-0.4, -0.2) is 11.2 Å². The summed E-state index contributed by atoms with van der Waals surface area (Å²) >= 11 is 0. The van der Waals surface area contributed by atoms with Crippen molar-refractivity contribution in [1.29, 1.82) is 0 Å². The van der Waals surface area contributed by atoms with Crippen LogP contribution in [0, 0.1) is 34.5 Å². The molecule has 0 aliphatic heterocycles. The number of allylic oxidation sites excluding steroid dienone is 2. The first-order valence-electron chi connectivity index (χ1n) is 10.9. The predicted octanol–water partition coefficient (Wildman–Crippen LogP) is 5.04. The molecule has 0 amide bonds. The second kappa shape index (κ2) is 6.07. The van der Waals surface area contributed by atoms with Crippen LogP contribution >= 0.6 is 0 Å². The maximum Gasteiger partial charge on any atom is 0.335 e. The van der Waals surface area contributed by atoms with E-state index in [0.29, 0.717) is 17.3 Å². The summed E-state index contributed by atoms with van der Waals surface area (Å²) in [7, 11) is 0. The van der Waals surface area contributed by atoms with Crippen LogP contribution in [0.4, 0.5) is 0 Å². The number of fused-ring (bicyclic) bond motifs is 5. The Morgan fingerprint density at radius 1 is 1.07 bits per heavy atom. The van der Waals surface area contributed by atoms with E-state index < -0.39 is 0 Å². The minimum atomic E-state index is -0.270. The summed E-state index contributed by atoms with van der Waals surface area (Å²) in [4.78, 5) is 11.4. The number of aliphatic hydroxyl groups excluding tert-OH is 1. The van der Waals surface area contributed by atoms with Crippen molar-refractivity contribution in [3.8, 4) is 0 Å². The Balaban J connectivity index is 1.44. The van der Waals surface area contributed by atoms with Gasteiger partial charge < -0.3 is 9.52 Å². The van der Waals surface area contributed by atoms with Gasteiger partial charge >= 0.3 is 5.63 Å². The minimum absolute atomic E-state index is 0.0685. The summed E-state index contributed by atoms with van der Waals surface area (Å²) in [5.74, 6) is 3.03. The SMILES string of the molecule is C[C@]12CCC3C(CC[C@@H]4C[C@@H](O)CC[C@]34C)[C@H]1CC=C2c1ccc(=O)oc1. The van der Waals surface area contributed by atoms with E-state index in [1.807, 2.05) is 6.07 Å². The fourth-order valence-electron chi connectivity index (χ4n) is 7.76. The minimum Gasteiger partial charge on any atom is -0.431 e. The molecule has 4 aliphatic carbocycles. The average molecular weight is 369 g/mol. The number of rotatable bonds is 1. The van der Waals surface area contributed by atoms with Crippen molar-refractivity contribution >= 4 is 5.57 Å². The highest BCUT2D eigenvalue weighted by atomic mass is 16.4. The molecule has 0 saturated heterocycles. The first-order chi connectivity index (χ1) is 12.9. The van der Waals surface area contributed by atoms with Crippen molar-refractivity contribution in [1.82, 2.24) is 0 Å². The van der Waals surface area contributed by atoms with Crippen LogP contribution < -0.4 is 5.63 Å². The van der Waals surface area contributed by atoms with Gasteiger partial charge in [0, 0.05) is 11.6 Å². The average Bonchev–Trinajstić information content (AvgIpc) is 3.00. The second-order valence-corrected chi connectivity index (χ2v) is 10.2. The third-order valence-corrected chi connectivity index (χ3v) is 9.23. The summed E-state index contributed by atoms with van der Waals surface area (Å²) in [6.45, 7) is 5.00. The van der Waals surface area contributed by atoms with Gasteiger partial charge in [0.15, 0.2) is 0 Å². The lowest BCUT2D eigenvalue weighted by Crippen LogP contribution is -2.53. The number of hydrogen-bond acceptors (Lipinski definition) is 3. The Morgan fingerprint density at radius 3 is 2.70 bits per heavy atom. The molecule has 2 unspecified atom stereocenters. The molecule has 3 fully saturated rings. The van der Waals surface area contributed by atoms with Crippen LogP contribution in [0.25, 0.3) is 5.57 Å². The Labute approximate surface area is 161 Å². The molecular formula is C24H32O3. The van der Waals surface area contributed by atoms with Crippen molar-refractivity contribution in [2.45, 2.75) is 71.3 Å². The molecule has 4 aliphatic rings. The van der Waals surface area contributed by atoms with Gasteiger partial charge in [0.05, 0.1) is 6.10 Å². The Hall–Kier alpha value is -1.35. The van der Waals surface area contributed by atoms with Crippen molar-refractivity contribution in [3.63, 3.8) is 0 Å². The molecule has 1 N–H and O–H groups in total. The number of hydrogen-bond donors (Lipinski definition) is 1. The fraction of sp³-hybridized carbons (Fsp3) is 0.708. The summed E-state index contributed by atoms with van der Waals surface area (Å²) in [5.41, 5.74) is 2.86. The van der Waals surface area contributed by atoms with Gasteiger partial charge in [-0.1, -0.05) is 19.9 Å². The van der Waals surface area contributed by atoms with Crippen LogP contribution in [0.15, 0.2) is 33.7 Å². The summed E-state index contributed by atoms with van der Waals surface area (Å²) in [6.07, 6.45) is 13.5. The van der Waals surface area contributed by atoms with Gasteiger partial charge in [-0.15, -0.1) is 0 Å². The predicted molar refractivity (Wildman–Crippen MR) is 106 cm³/mol. The van der Waals surface area contributed by atoms with Crippen molar-refractivity contribution < 1.29 is 9.52 Å². The molecule has 3 heteroatoms. The zero-order valence-corrected chi connectivity index (χ0v) is 16.6. The third-order valence-electron chi connectivity index (χ3n) is 9.23. The Morgan fingerprint density at radius 2 is 1.93 bits per heavy atom. The van der Waals surface area contributed by atoms with Gasteiger partial charge in [-0.3, -0.25) is 0 Å². The first-order valence-corrected chi connectivity index (χ1v) is 10.9. The van der Waals surface area contributed by atoms with Crippen LogP contribution in [0.2, 0.25) is 0 Å². The Kier molecular flexibility index (Phi) is 3.99. The quantitative estimate of drug-likeness (QED) is 0.756. The largest absolute Gasteiger partial charge is 0.431 e. The molecule has 0 aromatic carbocycles. The summed E-state index contributed by atoms with van der Waals surface area (Å²) < 4.78 is 5.18. The van der Waals surface area contributed by atoms with Crippen molar-refractivity contribution in [2.75, 3.05) is 0 Å². The molecule has 5 rings (SSSR count). The van der Waals surface area contributed by atoms with Crippen LogP contribution in [-0.2, 0) is 0 Å². The molecule has 1 heterocycles. The van der Waals surface area contributed by atoms with Crippen molar-refractivity contribution in [3.05, 3.63) is 40.5 Å². The van der Waals surface area contributed by atoms with E-state index in [9.17, 15) is 9.90 Å². The Bertz CT molecular complexity index is 803. The maximum absolute atomic E-state index is 11.4. The highest BCUT2D eigenvalue weighted by Gasteiger charge is 2.58. The zero-order valence-electron chi connectivity index (χ0n) is 16.6. The fourth-order valence-corrected chi connectivity index (χ4v) is 7.76. The summed E-state index contributed by atoms with van der Waals surface area (Å²) in [6, 6.07) is 3.50. The van der Waals surface area contributed by atoms with Gasteiger partial charge in [-0.2, -0.15) is 0 Å². The van der Waals surface area contributed by atoms with E-state index in [1.54, 1.807) is 12.3 Å². The lowest BCUT2D eigenvalue weighted by atomic mass is 9.44. The molecule has 0 bridgehead atoms. The lowest BCUT2D eigenvalue weighted by molar-refractivity contribution is -0.115. The molecule has 146 valence electrons. The molecule has 1 aromatic rings. The molecule has 3 nitrogen and oxygen atoms in total. The van der Waals surface area contributed by atoms with Gasteiger partial charge in [0.2, 0.25) is 0 Å². The zero-order chi connectivity index (χ0) is 18.8. The molecule has 27 heavy (non-hydrogen) atoms. The standard InChI is InChI=1S/C24H32O3/c1-23-11-9-17(25)13-16(23)4-5-18-20-7-6-19(15-3-8-22(26)27-14-15)24(20,2)12-10-21(18)23/h3,6,8,14,16-18,20-21,25H,4-5,7,9-13H2,1-2H3/t16-,17+,18?,20-,21?,23+,24-/m1/s1. The van der Waals surface area contributed by atoms with E-state index in [2.05, 4.69) is 19.9 Å². The van der Waals surface area contributed by atoms with Gasteiger partial charge in [0.1, 0.15) is 6.26 Å². The molecule has 3 saturated carbocycles. The normalized spacial score (nSPS) is 46.2. The van der Waals surface area contributed by atoms with Crippen LogP contribution in [0.5, 0.6) is 0 Å². The van der Waals surface area contributed by atoms with Crippen LogP contribution in [0.3, 0.4) is 0 Å². The third kappa shape index (κ3) is 2.53. The highest BCUT2D eigenvalue weighted by molar-refractivity contribution is 5.72. The van der Waals surface area contributed by atoms with Gasteiger partial charge in [-0.25, -0.2) is 4.79 Å². The lowest BCUT2D eigenvalue weighted by Gasteiger charge is -2.60. The first kappa shape index (κ1) is 17.7. The number of aliphatic hydroxyl groups is 1. The second-order valence-electron chi connectivity index (χ2n) is 10.2. The molecule has 0 radical (unpaired) electrons. The van der Waals surface area contributed by atoms with E-state index in [0.717, 1.165) is 36.7 Å². The monoisotopic (exact) mass is 368 g/mol. The molecule has 7 atom stereocenters. The van der Waals surface area contributed by atoms with Crippen LogP contribution in [0.1, 0.15) is 70.8 Å². The maximum atomic E-state index is 11.4. The highest BCUT2D eigenvalue weighted by Crippen LogP contribution is 2.67.